The molecule has 1 N–H and O–H groups in total. The number of hydrogen-bond acceptors (Lipinski definition) is 5. The molecule has 0 amide bonds. The van der Waals surface area contributed by atoms with Gasteiger partial charge >= 0.3 is 5.69 Å². The molecule has 1 fully saturated rings. The third kappa shape index (κ3) is 2.06. The summed E-state index contributed by atoms with van der Waals surface area (Å²) in [5.74, 6) is 0.809. The highest BCUT2D eigenvalue weighted by molar-refractivity contribution is 5.50. The minimum Gasteiger partial charge on any atom is -0.490 e. The van der Waals surface area contributed by atoms with Crippen molar-refractivity contribution in [3.8, 4) is 11.5 Å². The molecule has 1 aliphatic heterocycles. The second-order valence-corrected chi connectivity index (χ2v) is 3.49. The van der Waals surface area contributed by atoms with Gasteiger partial charge in [-0.15, -0.1) is 0 Å². The number of ether oxygens (including phenoxy) is 2. The van der Waals surface area contributed by atoms with Crippen LogP contribution in [0, 0.1) is 10.1 Å². The molecule has 2 rings (SSSR count). The van der Waals surface area contributed by atoms with Gasteiger partial charge in [0.25, 0.3) is 0 Å². The highest BCUT2D eigenvalue weighted by Crippen LogP contribution is 2.31. The molecule has 0 radical (unpaired) electrons. The van der Waals surface area contributed by atoms with Crippen molar-refractivity contribution in [1.29, 1.82) is 0 Å². The van der Waals surface area contributed by atoms with Crippen molar-refractivity contribution >= 4 is 5.69 Å². The Balaban J connectivity index is 2.18. The summed E-state index contributed by atoms with van der Waals surface area (Å²) in [6.45, 7) is 1.61. The summed E-state index contributed by atoms with van der Waals surface area (Å²) in [5.41, 5.74) is -0.0541. The normalized spacial score (nSPS) is 15.3. The minimum atomic E-state index is -0.479. The van der Waals surface area contributed by atoms with E-state index in [2.05, 4.69) is 5.32 Å². The molecule has 1 aromatic rings. The summed E-state index contributed by atoms with van der Waals surface area (Å²) >= 11 is 0. The maximum absolute atomic E-state index is 10.7. The van der Waals surface area contributed by atoms with Gasteiger partial charge in [-0.3, -0.25) is 10.1 Å². The number of rotatable bonds is 4. The number of nitro benzene ring substituents is 1. The topological polar surface area (TPSA) is 73.6 Å². The van der Waals surface area contributed by atoms with Crippen molar-refractivity contribution in [2.75, 3.05) is 20.2 Å². The van der Waals surface area contributed by atoms with E-state index < -0.39 is 4.92 Å². The van der Waals surface area contributed by atoms with Crippen LogP contribution in [0.3, 0.4) is 0 Å². The van der Waals surface area contributed by atoms with E-state index in [1.54, 1.807) is 6.07 Å². The Morgan fingerprint density at radius 1 is 1.50 bits per heavy atom. The van der Waals surface area contributed by atoms with Crippen molar-refractivity contribution in [3.63, 3.8) is 0 Å². The van der Waals surface area contributed by atoms with Gasteiger partial charge in [-0.1, -0.05) is 0 Å². The lowest BCUT2D eigenvalue weighted by molar-refractivity contribution is -0.385. The zero-order valence-electron chi connectivity index (χ0n) is 8.80. The van der Waals surface area contributed by atoms with Crippen LogP contribution in [0.25, 0.3) is 0 Å². The molecule has 1 aromatic carbocycles. The molecule has 1 aliphatic rings. The summed E-state index contributed by atoms with van der Waals surface area (Å²) in [6.07, 6.45) is 0.145. The molecule has 1 saturated heterocycles. The van der Waals surface area contributed by atoms with Crippen LogP contribution < -0.4 is 14.8 Å². The maximum atomic E-state index is 10.7. The van der Waals surface area contributed by atoms with Gasteiger partial charge in [-0.2, -0.15) is 0 Å². The van der Waals surface area contributed by atoms with Crippen LogP contribution in [0.2, 0.25) is 0 Å². The Morgan fingerprint density at radius 3 is 2.75 bits per heavy atom. The van der Waals surface area contributed by atoms with E-state index in [1.807, 2.05) is 0 Å². The summed E-state index contributed by atoms with van der Waals surface area (Å²) in [5, 5.41) is 13.7. The van der Waals surface area contributed by atoms with Crippen molar-refractivity contribution < 1.29 is 14.4 Å². The largest absolute Gasteiger partial charge is 0.490 e. The molecule has 1 heterocycles. The van der Waals surface area contributed by atoms with Crippen LogP contribution in [-0.4, -0.2) is 31.2 Å². The van der Waals surface area contributed by atoms with E-state index in [9.17, 15) is 10.1 Å². The number of nitrogens with one attached hydrogen (secondary N) is 1. The van der Waals surface area contributed by atoms with Crippen LogP contribution in [0.5, 0.6) is 11.5 Å². The zero-order chi connectivity index (χ0) is 11.5. The van der Waals surface area contributed by atoms with Crippen LogP contribution in [0.4, 0.5) is 5.69 Å². The Hall–Kier alpha value is -1.82. The Morgan fingerprint density at radius 2 is 2.25 bits per heavy atom. The standard InChI is InChI=1S/C10H12N2O4/c1-15-10-4-7(16-8-5-11-6-8)2-3-9(10)12(13)14/h2-4,8,11H,5-6H2,1H3. The smallest absolute Gasteiger partial charge is 0.311 e. The van der Waals surface area contributed by atoms with Gasteiger partial charge in [0.05, 0.1) is 12.0 Å². The second-order valence-electron chi connectivity index (χ2n) is 3.49. The van der Waals surface area contributed by atoms with Crippen molar-refractivity contribution in [3.05, 3.63) is 28.3 Å². The predicted molar refractivity (Wildman–Crippen MR) is 56.9 cm³/mol. The first-order valence-electron chi connectivity index (χ1n) is 4.90. The quantitative estimate of drug-likeness (QED) is 0.609. The fraction of sp³-hybridized carbons (Fsp3) is 0.400. The second kappa shape index (κ2) is 4.36. The number of hydrogen-bond donors (Lipinski definition) is 1. The van der Waals surface area contributed by atoms with Crippen LogP contribution >= 0.6 is 0 Å². The third-order valence-corrected chi connectivity index (χ3v) is 2.39. The number of methoxy groups -OCH3 is 1. The van der Waals surface area contributed by atoms with E-state index in [4.69, 9.17) is 9.47 Å². The van der Waals surface area contributed by atoms with Crippen LogP contribution in [0.1, 0.15) is 0 Å². The first-order valence-corrected chi connectivity index (χ1v) is 4.90. The van der Waals surface area contributed by atoms with E-state index in [0.29, 0.717) is 5.75 Å². The molecule has 6 heteroatoms. The molecule has 6 nitrogen and oxygen atoms in total. The lowest BCUT2D eigenvalue weighted by Gasteiger charge is -2.27. The molecular formula is C10H12N2O4. The Kier molecular flexibility index (Phi) is 2.91. The molecule has 0 spiro atoms. The van der Waals surface area contributed by atoms with Gasteiger partial charge in [0.2, 0.25) is 5.75 Å². The lowest BCUT2D eigenvalue weighted by atomic mass is 10.2. The van der Waals surface area contributed by atoms with Gasteiger partial charge in [-0.05, 0) is 6.07 Å². The monoisotopic (exact) mass is 224 g/mol. The highest BCUT2D eigenvalue weighted by atomic mass is 16.6. The average molecular weight is 224 g/mol. The minimum absolute atomic E-state index is 0.0541. The summed E-state index contributed by atoms with van der Waals surface area (Å²) in [6, 6.07) is 4.51. The first kappa shape index (κ1) is 10.7. The van der Waals surface area contributed by atoms with E-state index in [0.717, 1.165) is 13.1 Å². The van der Waals surface area contributed by atoms with E-state index in [1.165, 1.54) is 19.2 Å². The number of nitro groups is 1. The van der Waals surface area contributed by atoms with Gasteiger partial charge in [0.1, 0.15) is 11.9 Å². The predicted octanol–water partition coefficient (Wildman–Crippen LogP) is 0.954. The average Bonchev–Trinajstić information content (AvgIpc) is 2.23. The van der Waals surface area contributed by atoms with Gasteiger partial charge in [0, 0.05) is 25.2 Å². The zero-order valence-corrected chi connectivity index (χ0v) is 8.80. The number of benzene rings is 1. The first-order chi connectivity index (χ1) is 7.70. The lowest BCUT2D eigenvalue weighted by Crippen LogP contribution is -2.50. The fourth-order valence-corrected chi connectivity index (χ4v) is 1.42. The van der Waals surface area contributed by atoms with Gasteiger partial charge < -0.3 is 14.8 Å². The van der Waals surface area contributed by atoms with Crippen molar-refractivity contribution in [2.24, 2.45) is 0 Å². The molecule has 0 atom stereocenters. The molecule has 0 aliphatic carbocycles. The fourth-order valence-electron chi connectivity index (χ4n) is 1.42. The molecule has 0 aromatic heterocycles. The van der Waals surface area contributed by atoms with E-state index in [-0.39, 0.29) is 17.5 Å². The summed E-state index contributed by atoms with van der Waals surface area (Å²) < 4.78 is 10.5. The molecule has 16 heavy (non-hydrogen) atoms. The van der Waals surface area contributed by atoms with Crippen LogP contribution in [0.15, 0.2) is 18.2 Å². The third-order valence-electron chi connectivity index (χ3n) is 2.39. The number of nitrogens with zero attached hydrogens (tertiary/aromatic N) is 1. The summed E-state index contributed by atoms with van der Waals surface area (Å²) in [7, 11) is 1.40. The molecular weight excluding hydrogens is 212 g/mol. The van der Waals surface area contributed by atoms with Crippen molar-refractivity contribution in [2.45, 2.75) is 6.10 Å². The van der Waals surface area contributed by atoms with E-state index >= 15 is 0 Å². The van der Waals surface area contributed by atoms with Crippen molar-refractivity contribution in [1.82, 2.24) is 5.32 Å². The maximum Gasteiger partial charge on any atom is 0.311 e. The Labute approximate surface area is 92.3 Å². The highest BCUT2D eigenvalue weighted by Gasteiger charge is 2.20. The Bertz CT molecular complexity index is 404. The molecule has 0 unspecified atom stereocenters. The van der Waals surface area contributed by atoms with Gasteiger partial charge in [-0.25, -0.2) is 0 Å². The molecule has 86 valence electrons. The summed E-state index contributed by atoms with van der Waals surface area (Å²) in [4.78, 5) is 10.2. The van der Waals surface area contributed by atoms with Gasteiger partial charge in [0.15, 0.2) is 0 Å². The SMILES string of the molecule is COc1cc(OC2CNC2)ccc1[N+](=O)[O-]. The molecule has 0 bridgehead atoms. The molecule has 0 saturated carbocycles. The van der Waals surface area contributed by atoms with Crippen LogP contribution in [-0.2, 0) is 0 Å².